The molecule has 0 fully saturated rings. The highest BCUT2D eigenvalue weighted by Gasteiger charge is 2.00. The molecule has 1 aromatic carbocycles. The minimum atomic E-state index is -0.868. The number of hydrogen-bond acceptors (Lipinski definition) is 2. The standard InChI is InChI=1S/C11H11ClO3/c1-15-10-6-5-9(12)7-8(10)3-2-4-11(13)14/h2-3,5-7H,4H2,1H3,(H,13,14). The van der Waals surface area contributed by atoms with Gasteiger partial charge in [-0.2, -0.15) is 0 Å². The van der Waals surface area contributed by atoms with Crippen molar-refractivity contribution in [3.05, 3.63) is 34.9 Å². The Morgan fingerprint density at radius 1 is 1.60 bits per heavy atom. The van der Waals surface area contributed by atoms with E-state index in [1.807, 2.05) is 0 Å². The van der Waals surface area contributed by atoms with Crippen LogP contribution in [0.15, 0.2) is 24.3 Å². The normalized spacial score (nSPS) is 10.5. The quantitative estimate of drug-likeness (QED) is 0.859. The number of carboxylic acids is 1. The number of rotatable bonds is 4. The van der Waals surface area contributed by atoms with E-state index in [-0.39, 0.29) is 6.42 Å². The SMILES string of the molecule is COc1ccc(Cl)cc1C=CCC(=O)O. The lowest BCUT2D eigenvalue weighted by molar-refractivity contribution is -0.135. The first-order chi connectivity index (χ1) is 7.13. The molecular weight excluding hydrogens is 216 g/mol. The Balaban J connectivity index is 2.87. The van der Waals surface area contributed by atoms with Gasteiger partial charge in [-0.25, -0.2) is 0 Å². The van der Waals surface area contributed by atoms with Crippen LogP contribution in [0.1, 0.15) is 12.0 Å². The zero-order valence-corrected chi connectivity index (χ0v) is 8.99. The number of aliphatic carboxylic acids is 1. The first-order valence-corrected chi connectivity index (χ1v) is 4.73. The number of halogens is 1. The molecular formula is C11H11ClO3. The second kappa shape index (κ2) is 5.41. The summed E-state index contributed by atoms with van der Waals surface area (Å²) < 4.78 is 5.10. The van der Waals surface area contributed by atoms with Crippen LogP contribution in [0.25, 0.3) is 6.08 Å². The van der Waals surface area contributed by atoms with E-state index in [2.05, 4.69) is 0 Å². The molecule has 1 aromatic rings. The summed E-state index contributed by atoms with van der Waals surface area (Å²) in [6, 6.07) is 5.18. The van der Waals surface area contributed by atoms with Gasteiger partial charge in [0.05, 0.1) is 13.5 Å². The van der Waals surface area contributed by atoms with Crippen molar-refractivity contribution in [2.75, 3.05) is 7.11 Å². The molecule has 4 heteroatoms. The molecule has 0 bridgehead atoms. The van der Waals surface area contributed by atoms with Crippen LogP contribution in [-0.2, 0) is 4.79 Å². The van der Waals surface area contributed by atoms with E-state index >= 15 is 0 Å². The van der Waals surface area contributed by atoms with Crippen molar-refractivity contribution >= 4 is 23.6 Å². The van der Waals surface area contributed by atoms with Crippen molar-refractivity contribution < 1.29 is 14.6 Å². The molecule has 0 spiro atoms. The Morgan fingerprint density at radius 2 is 2.33 bits per heavy atom. The maximum Gasteiger partial charge on any atom is 0.307 e. The first-order valence-electron chi connectivity index (χ1n) is 4.35. The number of benzene rings is 1. The van der Waals surface area contributed by atoms with Crippen LogP contribution in [0, 0.1) is 0 Å². The van der Waals surface area contributed by atoms with Crippen molar-refractivity contribution in [2.24, 2.45) is 0 Å². The van der Waals surface area contributed by atoms with Crippen molar-refractivity contribution in [2.45, 2.75) is 6.42 Å². The number of ether oxygens (including phenoxy) is 1. The predicted molar refractivity (Wildman–Crippen MR) is 59.3 cm³/mol. The van der Waals surface area contributed by atoms with Crippen LogP contribution in [0.2, 0.25) is 5.02 Å². The third-order valence-corrected chi connectivity index (χ3v) is 2.02. The molecule has 0 radical (unpaired) electrons. The second-order valence-corrected chi connectivity index (χ2v) is 3.32. The lowest BCUT2D eigenvalue weighted by Crippen LogP contribution is -1.90. The highest BCUT2D eigenvalue weighted by molar-refractivity contribution is 6.30. The molecule has 15 heavy (non-hydrogen) atoms. The number of methoxy groups -OCH3 is 1. The van der Waals surface area contributed by atoms with E-state index in [0.717, 1.165) is 5.56 Å². The summed E-state index contributed by atoms with van der Waals surface area (Å²) in [6.45, 7) is 0. The highest BCUT2D eigenvalue weighted by atomic mass is 35.5. The van der Waals surface area contributed by atoms with Gasteiger partial charge >= 0.3 is 5.97 Å². The van der Waals surface area contributed by atoms with Crippen LogP contribution in [0.3, 0.4) is 0 Å². The van der Waals surface area contributed by atoms with Crippen LogP contribution < -0.4 is 4.74 Å². The minimum Gasteiger partial charge on any atom is -0.496 e. The predicted octanol–water partition coefficient (Wildman–Crippen LogP) is 2.84. The highest BCUT2D eigenvalue weighted by Crippen LogP contribution is 2.23. The van der Waals surface area contributed by atoms with Crippen LogP contribution in [0.4, 0.5) is 0 Å². The fraction of sp³-hybridized carbons (Fsp3) is 0.182. The Bertz CT molecular complexity index is 385. The van der Waals surface area contributed by atoms with E-state index in [1.165, 1.54) is 0 Å². The van der Waals surface area contributed by atoms with Gasteiger partial charge in [-0.1, -0.05) is 23.8 Å². The summed E-state index contributed by atoms with van der Waals surface area (Å²) in [5, 5.41) is 9.05. The fourth-order valence-electron chi connectivity index (χ4n) is 1.12. The molecule has 0 saturated carbocycles. The van der Waals surface area contributed by atoms with Crippen molar-refractivity contribution in [1.29, 1.82) is 0 Å². The van der Waals surface area contributed by atoms with Crippen molar-refractivity contribution in [1.82, 2.24) is 0 Å². The molecule has 0 amide bonds. The minimum absolute atomic E-state index is 0.0182. The van der Waals surface area contributed by atoms with E-state index in [4.69, 9.17) is 21.4 Å². The third kappa shape index (κ3) is 3.64. The average molecular weight is 227 g/mol. The largest absolute Gasteiger partial charge is 0.496 e. The summed E-state index contributed by atoms with van der Waals surface area (Å²) in [5.41, 5.74) is 0.770. The zero-order chi connectivity index (χ0) is 11.3. The van der Waals surface area contributed by atoms with Crippen LogP contribution in [0.5, 0.6) is 5.75 Å². The van der Waals surface area contributed by atoms with Gasteiger partial charge in [0.1, 0.15) is 5.75 Å². The molecule has 1 rings (SSSR count). The van der Waals surface area contributed by atoms with Crippen LogP contribution >= 0.6 is 11.6 Å². The van der Waals surface area contributed by atoms with Gasteiger partial charge < -0.3 is 9.84 Å². The Kier molecular flexibility index (Phi) is 4.18. The average Bonchev–Trinajstić information content (AvgIpc) is 2.17. The second-order valence-electron chi connectivity index (χ2n) is 2.89. The number of carboxylic acid groups (broad SMARTS) is 1. The van der Waals surface area contributed by atoms with Gasteiger partial charge in [0, 0.05) is 10.6 Å². The summed E-state index contributed by atoms with van der Waals surface area (Å²) in [6.07, 6.45) is 3.21. The zero-order valence-electron chi connectivity index (χ0n) is 8.24. The Labute approximate surface area is 92.9 Å². The Hall–Kier alpha value is -1.48. The third-order valence-electron chi connectivity index (χ3n) is 1.78. The summed E-state index contributed by atoms with van der Waals surface area (Å²) in [7, 11) is 1.55. The number of hydrogen-bond donors (Lipinski definition) is 1. The molecule has 0 saturated heterocycles. The monoisotopic (exact) mass is 226 g/mol. The topological polar surface area (TPSA) is 46.5 Å². The molecule has 0 aromatic heterocycles. The number of carbonyl (C=O) groups is 1. The molecule has 80 valence electrons. The van der Waals surface area contributed by atoms with Crippen molar-refractivity contribution in [3.63, 3.8) is 0 Å². The molecule has 0 aliphatic carbocycles. The first kappa shape index (κ1) is 11.6. The molecule has 1 N–H and O–H groups in total. The van der Waals surface area contributed by atoms with Gasteiger partial charge in [0.25, 0.3) is 0 Å². The van der Waals surface area contributed by atoms with Gasteiger partial charge in [0.2, 0.25) is 0 Å². The maximum absolute atomic E-state index is 10.3. The summed E-state index contributed by atoms with van der Waals surface area (Å²) in [4.78, 5) is 10.3. The van der Waals surface area contributed by atoms with Gasteiger partial charge in [-0.3, -0.25) is 4.79 Å². The molecule has 3 nitrogen and oxygen atoms in total. The smallest absolute Gasteiger partial charge is 0.307 e. The van der Waals surface area contributed by atoms with Gasteiger partial charge in [-0.05, 0) is 18.2 Å². The Morgan fingerprint density at radius 3 is 2.93 bits per heavy atom. The van der Waals surface area contributed by atoms with E-state index in [9.17, 15) is 4.79 Å². The molecule has 0 unspecified atom stereocenters. The van der Waals surface area contributed by atoms with E-state index in [0.29, 0.717) is 10.8 Å². The van der Waals surface area contributed by atoms with Gasteiger partial charge in [-0.15, -0.1) is 0 Å². The molecule has 0 atom stereocenters. The lowest BCUT2D eigenvalue weighted by atomic mass is 10.2. The van der Waals surface area contributed by atoms with Gasteiger partial charge in [0.15, 0.2) is 0 Å². The molecule has 0 aliphatic heterocycles. The van der Waals surface area contributed by atoms with E-state index < -0.39 is 5.97 Å². The summed E-state index contributed by atoms with van der Waals surface area (Å²) in [5.74, 6) is -0.201. The van der Waals surface area contributed by atoms with Crippen molar-refractivity contribution in [3.8, 4) is 5.75 Å². The lowest BCUT2D eigenvalue weighted by Gasteiger charge is -2.04. The summed E-state index contributed by atoms with van der Waals surface area (Å²) >= 11 is 5.81. The fourth-order valence-corrected chi connectivity index (χ4v) is 1.30. The van der Waals surface area contributed by atoms with E-state index in [1.54, 1.807) is 37.5 Å². The maximum atomic E-state index is 10.3. The molecule has 0 aliphatic rings. The molecule has 0 heterocycles. The van der Waals surface area contributed by atoms with Crippen LogP contribution in [-0.4, -0.2) is 18.2 Å².